The fourth-order valence-electron chi connectivity index (χ4n) is 2.21. The maximum Gasteiger partial charge on any atom is 0.316 e. The van der Waals surface area contributed by atoms with E-state index in [9.17, 15) is 9.59 Å². The molecule has 1 N–H and O–H groups in total. The molecule has 1 amide bonds. The predicted octanol–water partition coefficient (Wildman–Crippen LogP) is 2.17. The van der Waals surface area contributed by atoms with Gasteiger partial charge < -0.3 is 10.0 Å². The van der Waals surface area contributed by atoms with Crippen molar-refractivity contribution in [3.8, 4) is 0 Å². The number of anilines is 1. The van der Waals surface area contributed by atoms with Crippen LogP contribution in [0.5, 0.6) is 0 Å². The van der Waals surface area contributed by atoms with Gasteiger partial charge in [-0.25, -0.2) is 0 Å². The summed E-state index contributed by atoms with van der Waals surface area (Å²) >= 11 is 1.21. The number of amides is 1. The molecule has 102 valence electrons. The topological polar surface area (TPSA) is 57.6 Å². The molecule has 0 fully saturated rings. The normalized spacial score (nSPS) is 15.1. The van der Waals surface area contributed by atoms with Gasteiger partial charge in [-0.15, -0.1) is 11.8 Å². The molecular weight excluding hydrogens is 262 g/mol. The molecule has 1 unspecified atom stereocenters. The molecule has 0 aromatic heterocycles. The third kappa shape index (κ3) is 3.10. The highest BCUT2D eigenvalue weighted by atomic mass is 32.2. The first-order chi connectivity index (χ1) is 9.13. The first kappa shape index (κ1) is 13.9. The van der Waals surface area contributed by atoms with Gasteiger partial charge in [0.1, 0.15) is 5.25 Å². The van der Waals surface area contributed by atoms with Crippen molar-refractivity contribution in [3.63, 3.8) is 0 Å². The van der Waals surface area contributed by atoms with Crippen LogP contribution in [0.3, 0.4) is 0 Å². The van der Waals surface area contributed by atoms with Crippen molar-refractivity contribution in [3.05, 3.63) is 29.8 Å². The minimum Gasteiger partial charge on any atom is -0.480 e. The van der Waals surface area contributed by atoms with Gasteiger partial charge in [-0.05, 0) is 24.5 Å². The number of rotatable bonds is 5. The number of hydrogen-bond donors (Lipinski definition) is 1. The van der Waals surface area contributed by atoms with Crippen molar-refractivity contribution >= 4 is 29.3 Å². The zero-order valence-electron chi connectivity index (χ0n) is 10.8. The smallest absolute Gasteiger partial charge is 0.316 e. The highest BCUT2D eigenvalue weighted by molar-refractivity contribution is 8.01. The average Bonchev–Trinajstić information content (AvgIpc) is 2.82. The molecule has 4 nitrogen and oxygen atoms in total. The number of para-hydroxylation sites is 1. The van der Waals surface area contributed by atoms with Gasteiger partial charge in [-0.3, -0.25) is 9.59 Å². The van der Waals surface area contributed by atoms with Crippen LogP contribution in [0.15, 0.2) is 24.3 Å². The van der Waals surface area contributed by atoms with E-state index in [4.69, 9.17) is 5.11 Å². The molecular formula is C14H17NO3S. The number of carbonyl (C=O) groups excluding carboxylic acids is 1. The van der Waals surface area contributed by atoms with Crippen molar-refractivity contribution < 1.29 is 14.7 Å². The lowest BCUT2D eigenvalue weighted by Gasteiger charge is -2.18. The average molecular weight is 279 g/mol. The maximum absolute atomic E-state index is 12.2. The summed E-state index contributed by atoms with van der Waals surface area (Å²) in [6.45, 7) is 2.52. The van der Waals surface area contributed by atoms with Gasteiger partial charge in [0, 0.05) is 12.2 Å². The van der Waals surface area contributed by atoms with E-state index >= 15 is 0 Å². The number of carbonyl (C=O) groups is 2. The van der Waals surface area contributed by atoms with Crippen molar-refractivity contribution in [2.75, 3.05) is 17.2 Å². The molecule has 1 heterocycles. The Morgan fingerprint density at radius 2 is 2.16 bits per heavy atom. The summed E-state index contributed by atoms with van der Waals surface area (Å²) in [5.74, 6) is -0.629. The van der Waals surface area contributed by atoms with Gasteiger partial charge in [-0.1, -0.05) is 25.1 Å². The Bertz CT molecular complexity index is 489. The fraction of sp³-hybridized carbons (Fsp3) is 0.429. The van der Waals surface area contributed by atoms with Gasteiger partial charge in [0.25, 0.3) is 0 Å². The van der Waals surface area contributed by atoms with Crippen LogP contribution >= 0.6 is 11.8 Å². The van der Waals surface area contributed by atoms with E-state index in [1.54, 1.807) is 4.90 Å². The standard InChI is InChI=1S/C14H17NO3S/c1-2-12(14(17)18)19-9-13(16)15-8-7-10-5-3-4-6-11(10)15/h3-6,12H,2,7-9H2,1H3,(H,17,18). The second-order valence-electron chi connectivity index (χ2n) is 4.47. The van der Waals surface area contributed by atoms with Gasteiger partial charge in [0.2, 0.25) is 5.91 Å². The number of fused-ring (bicyclic) bond motifs is 1. The zero-order chi connectivity index (χ0) is 13.8. The molecule has 5 heteroatoms. The van der Waals surface area contributed by atoms with Gasteiger partial charge in [0.15, 0.2) is 0 Å². The monoisotopic (exact) mass is 279 g/mol. The lowest BCUT2D eigenvalue weighted by Crippen LogP contribution is -2.31. The molecule has 0 spiro atoms. The number of benzene rings is 1. The number of thioether (sulfide) groups is 1. The summed E-state index contributed by atoms with van der Waals surface area (Å²) in [4.78, 5) is 24.8. The molecule has 1 aliphatic rings. The SMILES string of the molecule is CCC(SCC(=O)N1CCc2ccccc21)C(=O)O. The molecule has 1 atom stereocenters. The van der Waals surface area contributed by atoms with Crippen LogP contribution in [0, 0.1) is 0 Å². The number of nitrogens with zero attached hydrogens (tertiary/aromatic N) is 1. The summed E-state index contributed by atoms with van der Waals surface area (Å²) in [5.41, 5.74) is 2.16. The minimum absolute atomic E-state index is 0.00495. The van der Waals surface area contributed by atoms with Crippen molar-refractivity contribution in [2.45, 2.75) is 25.0 Å². The first-order valence-corrected chi connectivity index (χ1v) is 7.41. The largest absolute Gasteiger partial charge is 0.480 e. The third-order valence-electron chi connectivity index (χ3n) is 3.24. The Balaban J connectivity index is 1.97. The highest BCUT2D eigenvalue weighted by Crippen LogP contribution is 2.28. The Morgan fingerprint density at radius 1 is 1.42 bits per heavy atom. The number of carboxylic acids is 1. The van der Waals surface area contributed by atoms with Gasteiger partial charge in [0.05, 0.1) is 5.75 Å². The van der Waals surface area contributed by atoms with Crippen molar-refractivity contribution in [1.82, 2.24) is 0 Å². The highest BCUT2D eigenvalue weighted by Gasteiger charge is 2.25. The molecule has 0 saturated carbocycles. The Kier molecular flexibility index (Phi) is 4.47. The Labute approximate surface area is 116 Å². The van der Waals surface area contributed by atoms with Crippen molar-refractivity contribution in [1.29, 1.82) is 0 Å². The summed E-state index contributed by atoms with van der Waals surface area (Å²) < 4.78 is 0. The number of hydrogen-bond acceptors (Lipinski definition) is 3. The minimum atomic E-state index is -0.845. The molecule has 0 aliphatic carbocycles. The van der Waals surface area contributed by atoms with Gasteiger partial charge >= 0.3 is 5.97 Å². The van der Waals surface area contributed by atoms with Gasteiger partial charge in [-0.2, -0.15) is 0 Å². The molecule has 2 rings (SSSR count). The van der Waals surface area contributed by atoms with E-state index in [-0.39, 0.29) is 11.7 Å². The Hall–Kier alpha value is -1.49. The summed E-state index contributed by atoms with van der Waals surface area (Å²) in [5, 5.41) is 8.47. The van der Waals surface area contributed by atoms with E-state index in [0.29, 0.717) is 13.0 Å². The zero-order valence-corrected chi connectivity index (χ0v) is 11.7. The van der Waals surface area contributed by atoms with Crippen molar-refractivity contribution in [2.24, 2.45) is 0 Å². The second kappa shape index (κ2) is 6.10. The maximum atomic E-state index is 12.2. The van der Waals surface area contributed by atoms with Crippen LogP contribution in [0.4, 0.5) is 5.69 Å². The quantitative estimate of drug-likeness (QED) is 0.897. The molecule has 19 heavy (non-hydrogen) atoms. The third-order valence-corrected chi connectivity index (χ3v) is 4.59. The number of aliphatic carboxylic acids is 1. The lowest BCUT2D eigenvalue weighted by molar-refractivity contribution is -0.136. The number of carboxylic acid groups (broad SMARTS) is 1. The summed E-state index contributed by atoms with van der Waals surface area (Å²) in [6, 6.07) is 7.87. The Morgan fingerprint density at radius 3 is 2.84 bits per heavy atom. The summed E-state index contributed by atoms with van der Waals surface area (Å²) in [7, 11) is 0. The van der Waals surface area contributed by atoms with Crippen LogP contribution in [0.2, 0.25) is 0 Å². The van der Waals surface area contributed by atoms with Crippen LogP contribution in [0.1, 0.15) is 18.9 Å². The van der Waals surface area contributed by atoms with Crippen LogP contribution in [-0.2, 0) is 16.0 Å². The van der Waals surface area contributed by atoms with E-state index in [2.05, 4.69) is 0 Å². The first-order valence-electron chi connectivity index (χ1n) is 6.36. The molecule has 0 radical (unpaired) electrons. The molecule has 1 aliphatic heterocycles. The van der Waals surface area contributed by atoms with Crippen LogP contribution in [0.25, 0.3) is 0 Å². The van der Waals surface area contributed by atoms with E-state index in [1.165, 1.54) is 17.3 Å². The molecule has 1 aromatic carbocycles. The van der Waals surface area contributed by atoms with Crippen LogP contribution in [-0.4, -0.2) is 34.5 Å². The summed E-state index contributed by atoms with van der Waals surface area (Å²) in [6.07, 6.45) is 1.41. The second-order valence-corrected chi connectivity index (χ2v) is 5.66. The fourth-order valence-corrected chi connectivity index (χ4v) is 3.09. The molecule has 0 bridgehead atoms. The van der Waals surface area contributed by atoms with Crippen LogP contribution < -0.4 is 4.90 Å². The predicted molar refractivity (Wildman–Crippen MR) is 76.7 cm³/mol. The van der Waals surface area contributed by atoms with E-state index in [0.717, 1.165) is 12.1 Å². The lowest BCUT2D eigenvalue weighted by atomic mass is 10.2. The van der Waals surface area contributed by atoms with E-state index in [1.807, 2.05) is 31.2 Å². The molecule has 0 saturated heterocycles. The van der Waals surface area contributed by atoms with E-state index < -0.39 is 11.2 Å². The molecule has 1 aromatic rings.